The second-order valence-corrected chi connectivity index (χ2v) is 6.43. The Labute approximate surface area is 164 Å². The number of carbonyl (C=O) groups is 1. The molecule has 0 radical (unpaired) electrons. The maximum absolute atomic E-state index is 12.0. The molecule has 146 valence electrons. The number of para-hydroxylation sites is 2. The van der Waals surface area contributed by atoms with Gasteiger partial charge in [0.15, 0.2) is 18.1 Å². The topological polar surface area (TPSA) is 73.6 Å². The number of methoxy groups -OCH3 is 1. The summed E-state index contributed by atoms with van der Waals surface area (Å²) in [6.07, 6.45) is 0.585. The lowest BCUT2D eigenvalue weighted by molar-refractivity contribution is -0.123. The van der Waals surface area contributed by atoms with E-state index in [1.54, 1.807) is 19.2 Å². The largest absolute Gasteiger partial charge is 0.493 e. The van der Waals surface area contributed by atoms with Crippen LogP contribution < -0.4 is 14.8 Å². The van der Waals surface area contributed by atoms with Gasteiger partial charge in [-0.3, -0.25) is 4.79 Å². The van der Waals surface area contributed by atoms with E-state index >= 15 is 0 Å². The monoisotopic (exact) mass is 380 g/mol. The van der Waals surface area contributed by atoms with Crippen molar-refractivity contribution in [3.63, 3.8) is 0 Å². The van der Waals surface area contributed by atoms with Crippen LogP contribution in [0.2, 0.25) is 0 Å². The molecular formula is C22H24N2O4. The van der Waals surface area contributed by atoms with Crippen LogP contribution in [0.15, 0.2) is 52.9 Å². The highest BCUT2D eigenvalue weighted by Gasteiger charge is 2.12. The van der Waals surface area contributed by atoms with Gasteiger partial charge < -0.3 is 19.2 Å². The second kappa shape index (κ2) is 9.08. The van der Waals surface area contributed by atoms with Crippen molar-refractivity contribution < 1.29 is 18.7 Å². The standard InChI is InChI=1S/C22H24N2O4/c1-15-8-10-17(11-9-15)22-24-18(16(2)28-22)12-13-23-21(25)14-27-20-7-5-4-6-19(20)26-3/h4-11H,12-14H2,1-3H3,(H,23,25). The van der Waals surface area contributed by atoms with Gasteiger partial charge >= 0.3 is 0 Å². The number of benzene rings is 2. The molecule has 0 saturated heterocycles. The molecule has 3 rings (SSSR count). The van der Waals surface area contributed by atoms with E-state index in [0.717, 1.165) is 17.0 Å². The molecule has 1 aromatic heterocycles. The summed E-state index contributed by atoms with van der Waals surface area (Å²) in [7, 11) is 1.56. The van der Waals surface area contributed by atoms with E-state index in [1.165, 1.54) is 5.56 Å². The maximum atomic E-state index is 12.0. The Kier molecular flexibility index (Phi) is 6.32. The van der Waals surface area contributed by atoms with Gasteiger partial charge in [0.05, 0.1) is 12.8 Å². The summed E-state index contributed by atoms with van der Waals surface area (Å²) in [5, 5.41) is 2.84. The highest BCUT2D eigenvalue weighted by Crippen LogP contribution is 2.25. The van der Waals surface area contributed by atoms with Crippen molar-refractivity contribution in [2.24, 2.45) is 0 Å². The molecule has 0 aliphatic carbocycles. The molecule has 0 atom stereocenters. The van der Waals surface area contributed by atoms with Gasteiger partial charge in [-0.25, -0.2) is 4.98 Å². The lowest BCUT2D eigenvalue weighted by Gasteiger charge is -2.10. The molecule has 1 amide bonds. The van der Waals surface area contributed by atoms with Gasteiger partial charge in [0, 0.05) is 18.5 Å². The number of aryl methyl sites for hydroxylation is 2. The van der Waals surface area contributed by atoms with Crippen molar-refractivity contribution in [2.45, 2.75) is 20.3 Å². The smallest absolute Gasteiger partial charge is 0.257 e. The zero-order valence-corrected chi connectivity index (χ0v) is 16.3. The first-order chi connectivity index (χ1) is 13.6. The second-order valence-electron chi connectivity index (χ2n) is 6.43. The lowest BCUT2D eigenvalue weighted by Crippen LogP contribution is -2.30. The van der Waals surface area contributed by atoms with Gasteiger partial charge in [-0.1, -0.05) is 29.8 Å². The molecule has 0 bridgehead atoms. The Hall–Kier alpha value is -3.28. The zero-order valence-electron chi connectivity index (χ0n) is 16.3. The van der Waals surface area contributed by atoms with Crippen molar-refractivity contribution in [1.82, 2.24) is 10.3 Å². The summed E-state index contributed by atoms with van der Waals surface area (Å²) < 4.78 is 16.5. The predicted octanol–water partition coefficient (Wildman–Crippen LogP) is 3.70. The number of carbonyl (C=O) groups excluding carboxylic acids is 1. The number of nitrogens with zero attached hydrogens (tertiary/aromatic N) is 1. The van der Waals surface area contributed by atoms with E-state index in [2.05, 4.69) is 10.3 Å². The van der Waals surface area contributed by atoms with Crippen LogP contribution in [0, 0.1) is 13.8 Å². The van der Waals surface area contributed by atoms with Gasteiger partial charge in [0.2, 0.25) is 5.89 Å². The fourth-order valence-electron chi connectivity index (χ4n) is 2.73. The minimum absolute atomic E-state index is 0.0766. The summed E-state index contributed by atoms with van der Waals surface area (Å²) in [5.41, 5.74) is 2.96. The number of hydrogen-bond acceptors (Lipinski definition) is 5. The van der Waals surface area contributed by atoms with Crippen LogP contribution in [0.3, 0.4) is 0 Å². The average molecular weight is 380 g/mol. The average Bonchev–Trinajstić information content (AvgIpc) is 3.07. The van der Waals surface area contributed by atoms with Gasteiger partial charge in [-0.15, -0.1) is 0 Å². The highest BCUT2D eigenvalue weighted by molar-refractivity contribution is 5.77. The first kappa shape index (κ1) is 19.5. The zero-order chi connectivity index (χ0) is 19.9. The quantitative estimate of drug-likeness (QED) is 0.645. The number of amides is 1. The van der Waals surface area contributed by atoms with Crippen molar-refractivity contribution in [1.29, 1.82) is 0 Å². The molecule has 0 aliphatic heterocycles. The summed E-state index contributed by atoms with van der Waals surface area (Å²) >= 11 is 0. The number of ether oxygens (including phenoxy) is 2. The van der Waals surface area contributed by atoms with Crippen LogP contribution in [0.5, 0.6) is 11.5 Å². The Morgan fingerprint density at radius 1 is 1.07 bits per heavy atom. The third-order valence-corrected chi connectivity index (χ3v) is 4.30. The van der Waals surface area contributed by atoms with Crippen LogP contribution in [-0.4, -0.2) is 31.2 Å². The molecule has 2 aromatic carbocycles. The van der Waals surface area contributed by atoms with E-state index in [1.807, 2.05) is 50.2 Å². The fourth-order valence-corrected chi connectivity index (χ4v) is 2.73. The summed E-state index contributed by atoms with van der Waals surface area (Å²) in [4.78, 5) is 16.6. The molecule has 6 nitrogen and oxygen atoms in total. The summed E-state index contributed by atoms with van der Waals surface area (Å²) in [5.74, 6) is 2.28. The third-order valence-electron chi connectivity index (χ3n) is 4.30. The molecule has 0 aliphatic rings. The van der Waals surface area contributed by atoms with E-state index in [9.17, 15) is 4.79 Å². The Morgan fingerprint density at radius 3 is 2.50 bits per heavy atom. The molecule has 1 heterocycles. The lowest BCUT2D eigenvalue weighted by atomic mass is 10.1. The number of nitrogens with one attached hydrogen (secondary N) is 1. The van der Waals surface area contributed by atoms with E-state index in [-0.39, 0.29) is 12.5 Å². The molecule has 28 heavy (non-hydrogen) atoms. The maximum Gasteiger partial charge on any atom is 0.257 e. The van der Waals surface area contributed by atoms with Crippen molar-refractivity contribution >= 4 is 5.91 Å². The molecule has 0 fully saturated rings. The number of rotatable bonds is 8. The van der Waals surface area contributed by atoms with Crippen LogP contribution in [-0.2, 0) is 11.2 Å². The normalized spacial score (nSPS) is 10.5. The van der Waals surface area contributed by atoms with E-state index in [4.69, 9.17) is 13.9 Å². The van der Waals surface area contributed by atoms with E-state index in [0.29, 0.717) is 30.4 Å². The van der Waals surface area contributed by atoms with Crippen molar-refractivity contribution in [2.75, 3.05) is 20.3 Å². The van der Waals surface area contributed by atoms with Crippen LogP contribution in [0.1, 0.15) is 17.0 Å². The Morgan fingerprint density at radius 2 is 1.79 bits per heavy atom. The fraction of sp³-hybridized carbons (Fsp3) is 0.273. The van der Waals surface area contributed by atoms with Crippen LogP contribution in [0.25, 0.3) is 11.5 Å². The van der Waals surface area contributed by atoms with Crippen LogP contribution >= 0.6 is 0 Å². The number of oxazole rings is 1. The molecule has 0 unspecified atom stereocenters. The summed E-state index contributed by atoms with van der Waals surface area (Å²) in [6, 6.07) is 15.2. The van der Waals surface area contributed by atoms with Gasteiger partial charge in [0.25, 0.3) is 5.91 Å². The molecule has 0 saturated carbocycles. The van der Waals surface area contributed by atoms with Crippen LogP contribution in [0.4, 0.5) is 0 Å². The molecule has 3 aromatic rings. The van der Waals surface area contributed by atoms with Crippen molar-refractivity contribution in [3.05, 3.63) is 65.5 Å². The minimum Gasteiger partial charge on any atom is -0.493 e. The number of hydrogen-bond donors (Lipinski definition) is 1. The Bertz CT molecular complexity index is 932. The van der Waals surface area contributed by atoms with Gasteiger partial charge in [-0.05, 0) is 38.1 Å². The molecule has 1 N–H and O–H groups in total. The highest BCUT2D eigenvalue weighted by atomic mass is 16.5. The predicted molar refractivity (Wildman–Crippen MR) is 107 cm³/mol. The van der Waals surface area contributed by atoms with Crippen molar-refractivity contribution in [3.8, 4) is 23.0 Å². The number of aromatic nitrogens is 1. The van der Waals surface area contributed by atoms with Gasteiger partial charge in [-0.2, -0.15) is 0 Å². The Balaban J connectivity index is 1.49. The minimum atomic E-state index is -0.203. The summed E-state index contributed by atoms with van der Waals surface area (Å²) in [6.45, 7) is 4.30. The SMILES string of the molecule is COc1ccccc1OCC(=O)NCCc1nc(-c2ccc(C)cc2)oc1C. The van der Waals surface area contributed by atoms with Gasteiger partial charge in [0.1, 0.15) is 5.76 Å². The first-order valence-electron chi connectivity index (χ1n) is 9.12. The first-order valence-corrected chi connectivity index (χ1v) is 9.12. The third kappa shape index (κ3) is 4.91. The molecular weight excluding hydrogens is 356 g/mol. The molecule has 6 heteroatoms. The van der Waals surface area contributed by atoms with E-state index < -0.39 is 0 Å². The molecule has 0 spiro atoms.